The minimum atomic E-state index is -0.506. The van der Waals surface area contributed by atoms with Crippen LogP contribution in [0.3, 0.4) is 0 Å². The summed E-state index contributed by atoms with van der Waals surface area (Å²) in [4.78, 5) is 9.96. The summed E-state index contributed by atoms with van der Waals surface area (Å²) in [7, 11) is 0. The molecule has 0 saturated heterocycles. The fourth-order valence-electron chi connectivity index (χ4n) is 0.936. The molecule has 0 aromatic heterocycles. The number of anilines is 1. The highest BCUT2D eigenvalue weighted by Gasteiger charge is 2.08. The lowest BCUT2D eigenvalue weighted by Crippen LogP contribution is -2.25. The van der Waals surface area contributed by atoms with Crippen LogP contribution in [0.15, 0.2) is 18.2 Å². The Morgan fingerprint density at radius 3 is 2.87 bits per heavy atom. The van der Waals surface area contributed by atoms with E-state index < -0.39 is 4.92 Å². The molecule has 7 heteroatoms. The zero-order chi connectivity index (χ0) is 11.3. The van der Waals surface area contributed by atoms with Crippen LogP contribution in [-0.4, -0.2) is 23.2 Å². The third-order valence-corrected chi connectivity index (χ3v) is 1.95. The van der Waals surface area contributed by atoms with E-state index in [0.717, 1.165) is 0 Å². The Hall–Kier alpha value is -1.37. The summed E-state index contributed by atoms with van der Waals surface area (Å²) in [6, 6.07) is 4.06. The van der Waals surface area contributed by atoms with Gasteiger partial charge >= 0.3 is 0 Å². The standard InChI is InChI=1S/C8H10ClN3O3/c9-7-2-1-6(12(14)15)5-8(7)11-10-3-4-13/h1-2,5,10-11,13H,3-4H2. The maximum atomic E-state index is 10.5. The molecule has 0 bridgehead atoms. The summed E-state index contributed by atoms with van der Waals surface area (Å²) in [5.41, 5.74) is 5.67. The molecule has 0 heterocycles. The average molecular weight is 232 g/mol. The Labute approximate surface area is 91.0 Å². The molecule has 0 atom stereocenters. The number of nitro benzene ring substituents is 1. The molecule has 0 aliphatic rings. The van der Waals surface area contributed by atoms with Gasteiger partial charge in [-0.2, -0.15) is 0 Å². The first-order valence-electron chi connectivity index (χ1n) is 4.19. The number of nitrogens with one attached hydrogen (secondary N) is 2. The molecule has 0 amide bonds. The van der Waals surface area contributed by atoms with Gasteiger partial charge in [-0.05, 0) is 6.07 Å². The quantitative estimate of drug-likeness (QED) is 0.402. The molecule has 0 unspecified atom stereocenters. The molecule has 1 aromatic rings. The van der Waals surface area contributed by atoms with E-state index in [1.165, 1.54) is 18.2 Å². The molecular formula is C8H10ClN3O3. The van der Waals surface area contributed by atoms with Gasteiger partial charge in [-0.25, -0.2) is 5.43 Å². The molecule has 0 aliphatic carbocycles. The number of hydrogen-bond acceptors (Lipinski definition) is 5. The van der Waals surface area contributed by atoms with Crippen molar-refractivity contribution >= 4 is 23.0 Å². The van der Waals surface area contributed by atoms with E-state index in [1.54, 1.807) is 0 Å². The molecule has 0 fully saturated rings. The van der Waals surface area contributed by atoms with Crippen LogP contribution < -0.4 is 10.9 Å². The third-order valence-electron chi connectivity index (χ3n) is 1.62. The maximum absolute atomic E-state index is 10.5. The average Bonchev–Trinajstić information content (AvgIpc) is 2.20. The zero-order valence-corrected chi connectivity index (χ0v) is 8.49. The topological polar surface area (TPSA) is 87.4 Å². The Morgan fingerprint density at radius 2 is 2.27 bits per heavy atom. The molecule has 1 aromatic carbocycles. The van der Waals surface area contributed by atoms with Gasteiger partial charge in [0.15, 0.2) is 0 Å². The van der Waals surface area contributed by atoms with E-state index in [-0.39, 0.29) is 12.3 Å². The minimum absolute atomic E-state index is 0.0421. The third kappa shape index (κ3) is 3.35. The number of aliphatic hydroxyl groups is 1. The predicted octanol–water partition coefficient (Wildman–Crippen LogP) is 1.16. The molecule has 6 nitrogen and oxygen atoms in total. The summed E-state index contributed by atoms with van der Waals surface area (Å²) < 4.78 is 0. The van der Waals surface area contributed by atoms with Crippen molar-refractivity contribution in [2.45, 2.75) is 0 Å². The number of nitrogens with zero attached hydrogens (tertiary/aromatic N) is 1. The normalized spacial score (nSPS) is 10.0. The van der Waals surface area contributed by atoms with Gasteiger partial charge in [0.05, 0.1) is 22.2 Å². The molecule has 15 heavy (non-hydrogen) atoms. The number of halogens is 1. The smallest absolute Gasteiger partial charge is 0.271 e. The van der Waals surface area contributed by atoms with Crippen molar-refractivity contribution in [2.24, 2.45) is 0 Å². The van der Waals surface area contributed by atoms with Crippen molar-refractivity contribution < 1.29 is 10.0 Å². The van der Waals surface area contributed by atoms with Crippen molar-refractivity contribution in [2.75, 3.05) is 18.6 Å². The molecule has 0 radical (unpaired) electrons. The van der Waals surface area contributed by atoms with Crippen molar-refractivity contribution in [3.63, 3.8) is 0 Å². The largest absolute Gasteiger partial charge is 0.395 e. The zero-order valence-electron chi connectivity index (χ0n) is 7.74. The lowest BCUT2D eigenvalue weighted by molar-refractivity contribution is -0.384. The van der Waals surface area contributed by atoms with Crippen LogP contribution in [0.4, 0.5) is 11.4 Å². The van der Waals surface area contributed by atoms with Crippen LogP contribution in [0, 0.1) is 10.1 Å². The Kier molecular flexibility index (Phi) is 4.29. The van der Waals surface area contributed by atoms with Crippen LogP contribution in [0.1, 0.15) is 0 Å². The van der Waals surface area contributed by atoms with Crippen LogP contribution in [0.5, 0.6) is 0 Å². The van der Waals surface area contributed by atoms with Gasteiger partial charge < -0.3 is 10.5 Å². The van der Waals surface area contributed by atoms with E-state index >= 15 is 0 Å². The molecule has 1 rings (SSSR count). The summed E-state index contributed by atoms with van der Waals surface area (Å²) in [6.07, 6.45) is 0. The second-order valence-electron chi connectivity index (χ2n) is 2.70. The van der Waals surface area contributed by atoms with Crippen molar-refractivity contribution in [1.29, 1.82) is 0 Å². The first-order valence-corrected chi connectivity index (χ1v) is 4.56. The second kappa shape index (κ2) is 5.50. The fourth-order valence-corrected chi connectivity index (χ4v) is 1.10. The molecule has 82 valence electrons. The van der Waals surface area contributed by atoms with Gasteiger partial charge in [0.2, 0.25) is 0 Å². The summed E-state index contributed by atoms with van der Waals surface area (Å²) >= 11 is 5.79. The van der Waals surface area contributed by atoms with Gasteiger partial charge in [-0.15, -0.1) is 0 Å². The van der Waals surface area contributed by atoms with Gasteiger partial charge in [0.1, 0.15) is 0 Å². The number of benzene rings is 1. The highest BCUT2D eigenvalue weighted by Crippen LogP contribution is 2.25. The van der Waals surface area contributed by atoms with Crippen molar-refractivity contribution in [3.05, 3.63) is 33.3 Å². The number of aliphatic hydroxyl groups excluding tert-OH is 1. The maximum Gasteiger partial charge on any atom is 0.271 e. The van der Waals surface area contributed by atoms with Gasteiger partial charge in [0.25, 0.3) is 5.69 Å². The fraction of sp³-hybridized carbons (Fsp3) is 0.250. The summed E-state index contributed by atoms with van der Waals surface area (Å²) in [6.45, 7) is 0.276. The minimum Gasteiger partial charge on any atom is -0.395 e. The first-order chi connectivity index (χ1) is 7.15. The second-order valence-corrected chi connectivity index (χ2v) is 3.10. The van der Waals surface area contributed by atoms with Crippen LogP contribution in [0.2, 0.25) is 5.02 Å². The monoisotopic (exact) mass is 231 g/mol. The Morgan fingerprint density at radius 1 is 1.53 bits per heavy atom. The van der Waals surface area contributed by atoms with Gasteiger partial charge in [-0.1, -0.05) is 11.6 Å². The van der Waals surface area contributed by atoms with E-state index in [9.17, 15) is 10.1 Å². The van der Waals surface area contributed by atoms with Gasteiger partial charge in [0, 0.05) is 18.7 Å². The first kappa shape index (κ1) is 11.7. The number of hydrogen-bond donors (Lipinski definition) is 3. The molecule has 3 N–H and O–H groups in total. The van der Waals surface area contributed by atoms with Gasteiger partial charge in [-0.3, -0.25) is 10.1 Å². The highest BCUT2D eigenvalue weighted by atomic mass is 35.5. The molecule has 0 spiro atoms. The van der Waals surface area contributed by atoms with Crippen molar-refractivity contribution in [3.8, 4) is 0 Å². The SMILES string of the molecule is O=[N+]([O-])c1ccc(Cl)c(NNCCO)c1. The van der Waals surface area contributed by atoms with Crippen LogP contribution in [-0.2, 0) is 0 Å². The Bertz CT molecular complexity index is 359. The number of rotatable bonds is 5. The van der Waals surface area contributed by atoms with Crippen molar-refractivity contribution in [1.82, 2.24) is 5.43 Å². The molecule has 0 saturated carbocycles. The van der Waals surface area contributed by atoms with Crippen LogP contribution in [0.25, 0.3) is 0 Å². The van der Waals surface area contributed by atoms with E-state index in [1.807, 2.05) is 0 Å². The number of nitro groups is 1. The molecular weight excluding hydrogens is 222 g/mol. The number of hydrazine groups is 1. The predicted molar refractivity (Wildman–Crippen MR) is 56.8 cm³/mol. The molecule has 0 aliphatic heterocycles. The van der Waals surface area contributed by atoms with E-state index in [4.69, 9.17) is 16.7 Å². The highest BCUT2D eigenvalue weighted by molar-refractivity contribution is 6.33. The van der Waals surface area contributed by atoms with E-state index in [2.05, 4.69) is 10.9 Å². The van der Waals surface area contributed by atoms with E-state index in [0.29, 0.717) is 17.3 Å². The Balaban J connectivity index is 2.76. The summed E-state index contributed by atoms with van der Waals surface area (Å²) in [5.74, 6) is 0. The number of non-ortho nitro benzene ring substituents is 1. The lowest BCUT2D eigenvalue weighted by atomic mass is 10.3. The van der Waals surface area contributed by atoms with Crippen LogP contribution >= 0.6 is 11.6 Å². The summed E-state index contributed by atoms with van der Waals surface area (Å²) in [5, 5.41) is 19.3. The lowest BCUT2D eigenvalue weighted by Gasteiger charge is -2.08.